The molecule has 0 aromatic heterocycles. The van der Waals surface area contributed by atoms with Crippen molar-refractivity contribution in [1.82, 2.24) is 0 Å². The maximum atomic E-state index is 13.6. The largest absolute Gasteiger partial charge is 0.478 e. The summed E-state index contributed by atoms with van der Waals surface area (Å²) < 4.78 is 13.6. The first-order valence-corrected chi connectivity index (χ1v) is 5.85. The predicted octanol–water partition coefficient (Wildman–Crippen LogP) is 3.12. The number of halogens is 1. The van der Waals surface area contributed by atoms with Gasteiger partial charge in [0.1, 0.15) is 5.82 Å². The van der Waals surface area contributed by atoms with Gasteiger partial charge in [-0.2, -0.15) is 0 Å². The second-order valence-electron chi connectivity index (χ2n) is 4.72. The quantitative estimate of drug-likeness (QED) is 0.827. The zero-order valence-corrected chi connectivity index (χ0v) is 9.74. The topological polar surface area (TPSA) is 49.3 Å². The van der Waals surface area contributed by atoms with Crippen LogP contribution in [0.5, 0.6) is 0 Å². The summed E-state index contributed by atoms with van der Waals surface area (Å²) in [6, 6.07) is 4.17. The molecular weight excluding hydrogens is 221 g/mol. The molecule has 0 amide bonds. The van der Waals surface area contributed by atoms with Crippen molar-refractivity contribution in [2.75, 3.05) is 5.32 Å². The van der Waals surface area contributed by atoms with Gasteiger partial charge in [0.15, 0.2) is 0 Å². The summed E-state index contributed by atoms with van der Waals surface area (Å²) in [6.07, 6.45) is 3.58. The fraction of sp³-hybridized carbons (Fsp3) is 0.462. The van der Waals surface area contributed by atoms with Crippen molar-refractivity contribution < 1.29 is 14.3 Å². The molecule has 0 spiro atoms. The van der Waals surface area contributed by atoms with Crippen molar-refractivity contribution in [2.24, 2.45) is 5.92 Å². The molecule has 4 heteroatoms. The average Bonchev–Trinajstić information content (AvgIpc) is 3.04. The molecule has 0 bridgehead atoms. The lowest BCUT2D eigenvalue weighted by atomic mass is 10.1. The number of rotatable bonds is 5. The molecule has 17 heavy (non-hydrogen) atoms. The second kappa shape index (κ2) is 4.73. The summed E-state index contributed by atoms with van der Waals surface area (Å²) in [6.45, 7) is 2.02. The third-order valence-corrected chi connectivity index (χ3v) is 3.00. The molecule has 1 unspecified atom stereocenters. The SMILES string of the molecule is CC(CC1CC1)Nc1ccc(C(=O)O)cc1F. The van der Waals surface area contributed by atoms with Crippen LogP contribution in [0.15, 0.2) is 18.2 Å². The molecule has 0 aliphatic heterocycles. The Kier molecular flexibility index (Phi) is 3.31. The first-order chi connectivity index (χ1) is 8.06. The first-order valence-electron chi connectivity index (χ1n) is 5.85. The molecule has 92 valence electrons. The van der Waals surface area contributed by atoms with Crippen molar-refractivity contribution in [3.05, 3.63) is 29.6 Å². The zero-order valence-electron chi connectivity index (χ0n) is 9.74. The normalized spacial score (nSPS) is 16.6. The standard InChI is InChI=1S/C13H16FNO2/c1-8(6-9-2-3-9)15-12-5-4-10(13(16)17)7-11(12)14/h4-5,7-9,15H,2-3,6H2,1H3,(H,16,17). The van der Waals surface area contributed by atoms with Crippen LogP contribution in [-0.4, -0.2) is 17.1 Å². The molecule has 1 aliphatic carbocycles. The molecule has 1 aromatic rings. The van der Waals surface area contributed by atoms with E-state index in [-0.39, 0.29) is 11.6 Å². The lowest BCUT2D eigenvalue weighted by Gasteiger charge is -2.15. The number of hydrogen-bond donors (Lipinski definition) is 2. The van der Waals surface area contributed by atoms with Gasteiger partial charge in [-0.05, 0) is 37.5 Å². The van der Waals surface area contributed by atoms with Crippen LogP contribution in [0.3, 0.4) is 0 Å². The molecule has 1 aliphatic rings. The van der Waals surface area contributed by atoms with Crippen molar-refractivity contribution in [2.45, 2.75) is 32.2 Å². The van der Waals surface area contributed by atoms with Gasteiger partial charge in [-0.3, -0.25) is 0 Å². The number of aromatic carboxylic acids is 1. The van der Waals surface area contributed by atoms with Gasteiger partial charge in [-0.25, -0.2) is 9.18 Å². The van der Waals surface area contributed by atoms with Crippen LogP contribution in [-0.2, 0) is 0 Å². The van der Waals surface area contributed by atoms with Crippen LogP contribution in [0.2, 0.25) is 0 Å². The maximum absolute atomic E-state index is 13.6. The molecule has 0 heterocycles. The molecule has 0 saturated heterocycles. The number of hydrogen-bond acceptors (Lipinski definition) is 2. The smallest absolute Gasteiger partial charge is 0.335 e. The summed E-state index contributed by atoms with van der Waals surface area (Å²) in [4.78, 5) is 10.7. The summed E-state index contributed by atoms with van der Waals surface area (Å²) in [5.41, 5.74) is 0.353. The molecule has 1 atom stereocenters. The predicted molar refractivity (Wildman–Crippen MR) is 63.8 cm³/mol. The van der Waals surface area contributed by atoms with Crippen LogP contribution in [0.25, 0.3) is 0 Å². The van der Waals surface area contributed by atoms with E-state index in [2.05, 4.69) is 5.32 Å². The molecule has 0 radical (unpaired) electrons. The number of carboxylic acid groups (broad SMARTS) is 1. The van der Waals surface area contributed by atoms with Crippen LogP contribution < -0.4 is 5.32 Å². The van der Waals surface area contributed by atoms with Crippen LogP contribution in [0, 0.1) is 11.7 Å². The Morgan fingerprint density at radius 2 is 2.29 bits per heavy atom. The average molecular weight is 237 g/mol. The Morgan fingerprint density at radius 3 is 2.82 bits per heavy atom. The van der Waals surface area contributed by atoms with Crippen molar-refractivity contribution in [3.63, 3.8) is 0 Å². The number of nitrogens with one attached hydrogen (secondary N) is 1. The van der Waals surface area contributed by atoms with Crippen LogP contribution in [0.4, 0.5) is 10.1 Å². The zero-order chi connectivity index (χ0) is 12.4. The van der Waals surface area contributed by atoms with E-state index in [1.807, 2.05) is 6.92 Å². The number of carbonyl (C=O) groups is 1. The highest BCUT2D eigenvalue weighted by molar-refractivity contribution is 5.88. The Balaban J connectivity index is 2.02. The fourth-order valence-electron chi connectivity index (χ4n) is 1.94. The summed E-state index contributed by atoms with van der Waals surface area (Å²) in [5.74, 6) is -0.840. The highest BCUT2D eigenvalue weighted by Crippen LogP contribution is 2.34. The van der Waals surface area contributed by atoms with E-state index in [4.69, 9.17) is 5.11 Å². The Hall–Kier alpha value is -1.58. The highest BCUT2D eigenvalue weighted by atomic mass is 19.1. The van der Waals surface area contributed by atoms with E-state index in [1.54, 1.807) is 0 Å². The van der Waals surface area contributed by atoms with Crippen molar-refractivity contribution >= 4 is 11.7 Å². The van der Waals surface area contributed by atoms with Gasteiger partial charge < -0.3 is 10.4 Å². The van der Waals surface area contributed by atoms with Gasteiger partial charge >= 0.3 is 5.97 Å². The Morgan fingerprint density at radius 1 is 1.59 bits per heavy atom. The first kappa shape index (κ1) is 11.9. The number of carboxylic acids is 1. The van der Waals surface area contributed by atoms with Gasteiger partial charge in [0.05, 0.1) is 11.3 Å². The molecule has 3 nitrogen and oxygen atoms in total. The minimum absolute atomic E-state index is 0.0251. The fourth-order valence-corrected chi connectivity index (χ4v) is 1.94. The minimum atomic E-state index is -1.11. The summed E-state index contributed by atoms with van der Waals surface area (Å²) in [7, 11) is 0. The third kappa shape index (κ3) is 3.19. The van der Waals surface area contributed by atoms with Crippen molar-refractivity contribution in [3.8, 4) is 0 Å². The van der Waals surface area contributed by atoms with E-state index in [1.165, 1.54) is 25.0 Å². The lowest BCUT2D eigenvalue weighted by Crippen LogP contribution is -2.16. The highest BCUT2D eigenvalue weighted by Gasteiger charge is 2.23. The van der Waals surface area contributed by atoms with E-state index in [0.29, 0.717) is 5.69 Å². The van der Waals surface area contributed by atoms with E-state index in [0.717, 1.165) is 18.4 Å². The van der Waals surface area contributed by atoms with Gasteiger partial charge in [-0.15, -0.1) is 0 Å². The molecule has 1 fully saturated rings. The second-order valence-corrected chi connectivity index (χ2v) is 4.72. The number of benzene rings is 1. The van der Waals surface area contributed by atoms with E-state index < -0.39 is 11.8 Å². The molecular formula is C13H16FNO2. The van der Waals surface area contributed by atoms with E-state index >= 15 is 0 Å². The molecule has 1 aromatic carbocycles. The van der Waals surface area contributed by atoms with Gasteiger partial charge in [0.25, 0.3) is 0 Å². The molecule has 2 N–H and O–H groups in total. The Bertz CT molecular complexity index is 429. The summed E-state index contributed by atoms with van der Waals surface area (Å²) >= 11 is 0. The monoisotopic (exact) mass is 237 g/mol. The lowest BCUT2D eigenvalue weighted by molar-refractivity contribution is 0.0696. The minimum Gasteiger partial charge on any atom is -0.478 e. The maximum Gasteiger partial charge on any atom is 0.335 e. The van der Waals surface area contributed by atoms with Crippen LogP contribution >= 0.6 is 0 Å². The summed E-state index contributed by atoms with van der Waals surface area (Å²) in [5, 5.41) is 11.8. The van der Waals surface area contributed by atoms with Crippen molar-refractivity contribution in [1.29, 1.82) is 0 Å². The van der Waals surface area contributed by atoms with Gasteiger partial charge in [0, 0.05) is 6.04 Å². The molecule has 2 rings (SSSR count). The number of anilines is 1. The van der Waals surface area contributed by atoms with E-state index in [9.17, 15) is 9.18 Å². The Labute approximate surface area is 99.7 Å². The molecule has 1 saturated carbocycles. The third-order valence-electron chi connectivity index (χ3n) is 3.00. The van der Waals surface area contributed by atoms with Crippen LogP contribution in [0.1, 0.15) is 36.5 Å². The van der Waals surface area contributed by atoms with Gasteiger partial charge in [0.2, 0.25) is 0 Å². The van der Waals surface area contributed by atoms with Gasteiger partial charge in [-0.1, -0.05) is 12.8 Å².